The number of nitrogens with one attached hydrogen (secondary N) is 1. The van der Waals surface area contributed by atoms with Gasteiger partial charge in [0.15, 0.2) is 17.5 Å². The molecule has 3 N–H and O–H groups in total. The minimum Gasteiger partial charge on any atom is -0.493 e. The highest BCUT2D eigenvalue weighted by Gasteiger charge is 2.45. The van der Waals surface area contributed by atoms with E-state index in [9.17, 15) is 13.2 Å². The first-order chi connectivity index (χ1) is 13.3. The number of aliphatic imine (C=N–C) groups is 1. The maximum atomic E-state index is 13.0. The zero-order valence-corrected chi connectivity index (χ0v) is 18.4. The highest BCUT2D eigenvalue weighted by Crippen LogP contribution is 2.49. The van der Waals surface area contributed by atoms with Gasteiger partial charge in [-0.1, -0.05) is 18.2 Å². The van der Waals surface area contributed by atoms with Crippen molar-refractivity contribution < 1.29 is 22.6 Å². The molecule has 1 saturated carbocycles. The van der Waals surface area contributed by atoms with Crippen LogP contribution in [-0.2, 0) is 11.6 Å². The normalized spacial score (nSPS) is 15.3. The smallest absolute Gasteiger partial charge is 0.416 e. The number of guanidine groups is 1. The molecule has 0 aliphatic heterocycles. The van der Waals surface area contributed by atoms with Crippen molar-refractivity contribution in [1.29, 1.82) is 0 Å². The van der Waals surface area contributed by atoms with Crippen molar-refractivity contribution in [3.05, 3.63) is 53.6 Å². The largest absolute Gasteiger partial charge is 0.493 e. The van der Waals surface area contributed by atoms with Crippen LogP contribution in [0.1, 0.15) is 24.0 Å². The Labute approximate surface area is 184 Å². The zero-order valence-electron chi connectivity index (χ0n) is 16.0. The summed E-state index contributed by atoms with van der Waals surface area (Å²) < 4.78 is 49.3. The molecule has 5 nitrogen and oxygen atoms in total. The molecule has 0 amide bonds. The third kappa shape index (κ3) is 5.46. The molecular weight excluding hydrogens is 498 g/mol. The number of ether oxygens (including phenoxy) is 2. The molecule has 0 saturated heterocycles. The molecule has 0 spiro atoms. The summed E-state index contributed by atoms with van der Waals surface area (Å²) in [6.07, 6.45) is -2.80. The quantitative estimate of drug-likeness (QED) is 0.326. The number of halogens is 4. The second-order valence-electron chi connectivity index (χ2n) is 6.76. The van der Waals surface area contributed by atoms with Crippen molar-refractivity contribution in [2.45, 2.75) is 24.4 Å². The van der Waals surface area contributed by atoms with Crippen molar-refractivity contribution in [2.24, 2.45) is 10.7 Å². The Balaban J connectivity index is 0.00000300. The molecular formula is C20H23F3IN3O2. The molecule has 1 fully saturated rings. The van der Waals surface area contributed by atoms with Gasteiger partial charge >= 0.3 is 6.18 Å². The fourth-order valence-electron chi connectivity index (χ4n) is 3.05. The highest BCUT2D eigenvalue weighted by atomic mass is 127. The summed E-state index contributed by atoms with van der Waals surface area (Å²) in [5.41, 5.74) is 6.25. The van der Waals surface area contributed by atoms with Gasteiger partial charge in [0, 0.05) is 17.2 Å². The number of hydrogen-bond donors (Lipinski definition) is 2. The second-order valence-corrected chi connectivity index (χ2v) is 6.76. The standard InChI is InChI=1S/C20H22F3N3O2.HI/c1-27-16-7-6-15(11-17(16)28-2)26-18(24)25-12-19(8-9-19)13-4-3-5-14(10-13)20(21,22)23;/h3-7,10-11H,8-9,12H2,1-2H3,(H3,24,25,26);1H. The molecule has 0 heterocycles. The Bertz CT molecular complexity index is 884. The van der Waals surface area contributed by atoms with Crippen molar-refractivity contribution in [3.8, 4) is 11.5 Å². The van der Waals surface area contributed by atoms with Crippen LogP contribution in [0.25, 0.3) is 0 Å². The minimum absolute atomic E-state index is 0. The number of benzene rings is 2. The highest BCUT2D eigenvalue weighted by molar-refractivity contribution is 14.0. The van der Waals surface area contributed by atoms with Gasteiger partial charge in [-0.25, -0.2) is 0 Å². The lowest BCUT2D eigenvalue weighted by Crippen LogP contribution is -2.25. The van der Waals surface area contributed by atoms with E-state index in [1.165, 1.54) is 19.2 Å². The number of nitrogens with two attached hydrogens (primary N) is 1. The first-order valence-electron chi connectivity index (χ1n) is 8.74. The minimum atomic E-state index is -4.36. The second kappa shape index (κ2) is 9.10. The van der Waals surface area contributed by atoms with E-state index in [2.05, 4.69) is 10.3 Å². The fraction of sp³-hybridized carbons (Fsp3) is 0.350. The molecule has 29 heavy (non-hydrogen) atoms. The lowest BCUT2D eigenvalue weighted by Gasteiger charge is -2.16. The van der Waals surface area contributed by atoms with Crippen LogP contribution in [0, 0.1) is 0 Å². The van der Waals surface area contributed by atoms with Gasteiger partial charge in [-0.2, -0.15) is 13.2 Å². The first kappa shape index (κ1) is 23.1. The monoisotopic (exact) mass is 521 g/mol. The van der Waals surface area contributed by atoms with E-state index in [0.717, 1.165) is 18.9 Å². The Hall–Kier alpha value is -2.17. The van der Waals surface area contributed by atoms with Crippen molar-refractivity contribution in [1.82, 2.24) is 0 Å². The number of anilines is 1. The van der Waals surface area contributed by atoms with Crippen LogP contribution in [-0.4, -0.2) is 26.7 Å². The van der Waals surface area contributed by atoms with E-state index in [1.807, 2.05) is 0 Å². The van der Waals surface area contributed by atoms with Crippen LogP contribution >= 0.6 is 24.0 Å². The van der Waals surface area contributed by atoms with Gasteiger partial charge in [-0.15, -0.1) is 24.0 Å². The summed E-state index contributed by atoms with van der Waals surface area (Å²) in [5, 5.41) is 2.97. The molecule has 3 rings (SSSR count). The average Bonchev–Trinajstić information content (AvgIpc) is 3.47. The zero-order chi connectivity index (χ0) is 20.4. The van der Waals surface area contributed by atoms with Gasteiger partial charge < -0.3 is 20.5 Å². The Morgan fingerprint density at radius 1 is 1.10 bits per heavy atom. The lowest BCUT2D eigenvalue weighted by molar-refractivity contribution is -0.137. The van der Waals surface area contributed by atoms with Crippen LogP contribution in [0.5, 0.6) is 11.5 Å². The van der Waals surface area contributed by atoms with Gasteiger partial charge in [0.25, 0.3) is 0 Å². The van der Waals surface area contributed by atoms with Crippen LogP contribution in [0.3, 0.4) is 0 Å². The maximum Gasteiger partial charge on any atom is 0.416 e. The molecule has 2 aromatic rings. The predicted octanol–water partition coefficient (Wildman–Crippen LogP) is 4.80. The van der Waals surface area contributed by atoms with Gasteiger partial charge in [0.2, 0.25) is 0 Å². The average molecular weight is 521 g/mol. The van der Waals surface area contributed by atoms with Gasteiger partial charge in [0.1, 0.15) is 0 Å². The van der Waals surface area contributed by atoms with Gasteiger partial charge in [-0.3, -0.25) is 4.99 Å². The summed E-state index contributed by atoms with van der Waals surface area (Å²) in [6, 6.07) is 10.7. The molecule has 0 aromatic heterocycles. The Morgan fingerprint density at radius 2 is 1.79 bits per heavy atom. The molecule has 9 heteroatoms. The Morgan fingerprint density at radius 3 is 2.38 bits per heavy atom. The van der Waals surface area contributed by atoms with Gasteiger partial charge in [0.05, 0.1) is 26.3 Å². The number of hydrogen-bond acceptors (Lipinski definition) is 3. The SMILES string of the molecule is COc1ccc(NC(N)=NCC2(c3cccc(C(F)(F)F)c3)CC2)cc1OC.I. The molecule has 1 aliphatic carbocycles. The molecule has 2 aromatic carbocycles. The first-order valence-corrected chi connectivity index (χ1v) is 8.74. The molecule has 0 radical (unpaired) electrons. The number of nitrogens with zero attached hydrogens (tertiary/aromatic N) is 1. The van der Waals surface area contributed by atoms with E-state index in [1.54, 1.807) is 31.4 Å². The molecule has 158 valence electrons. The van der Waals surface area contributed by atoms with Crippen molar-refractivity contribution in [2.75, 3.05) is 26.1 Å². The van der Waals surface area contributed by atoms with E-state index in [4.69, 9.17) is 15.2 Å². The summed E-state index contributed by atoms with van der Waals surface area (Å²) in [4.78, 5) is 4.35. The van der Waals surface area contributed by atoms with E-state index < -0.39 is 11.7 Å². The summed E-state index contributed by atoms with van der Waals surface area (Å²) >= 11 is 0. The van der Waals surface area contributed by atoms with Crippen molar-refractivity contribution >= 4 is 35.6 Å². The molecule has 0 atom stereocenters. The van der Waals surface area contributed by atoms with E-state index in [-0.39, 0.29) is 35.4 Å². The topological polar surface area (TPSA) is 68.9 Å². The molecule has 1 aliphatic rings. The third-order valence-electron chi connectivity index (χ3n) is 4.86. The van der Waals surface area contributed by atoms with E-state index >= 15 is 0 Å². The maximum absolute atomic E-state index is 13.0. The van der Waals surface area contributed by atoms with Crippen LogP contribution < -0.4 is 20.5 Å². The predicted molar refractivity (Wildman–Crippen MR) is 117 cm³/mol. The number of rotatable bonds is 6. The number of methoxy groups -OCH3 is 2. The summed E-state index contributed by atoms with van der Waals surface area (Å²) in [7, 11) is 3.08. The molecule has 0 unspecified atom stereocenters. The number of alkyl halides is 3. The third-order valence-corrected chi connectivity index (χ3v) is 4.86. The van der Waals surface area contributed by atoms with Crippen LogP contribution in [0.2, 0.25) is 0 Å². The van der Waals surface area contributed by atoms with Crippen molar-refractivity contribution in [3.63, 3.8) is 0 Å². The lowest BCUT2D eigenvalue weighted by atomic mass is 9.94. The summed E-state index contributed by atoms with van der Waals surface area (Å²) in [5.74, 6) is 1.32. The molecule has 0 bridgehead atoms. The van der Waals surface area contributed by atoms with Gasteiger partial charge in [-0.05, 0) is 36.6 Å². The van der Waals surface area contributed by atoms with Crippen LogP contribution in [0.15, 0.2) is 47.5 Å². The Kier molecular flexibility index (Phi) is 7.25. The van der Waals surface area contributed by atoms with E-state index in [0.29, 0.717) is 29.3 Å². The van der Waals surface area contributed by atoms with Crippen LogP contribution in [0.4, 0.5) is 18.9 Å². The fourth-order valence-corrected chi connectivity index (χ4v) is 3.05. The summed E-state index contributed by atoms with van der Waals surface area (Å²) in [6.45, 7) is 0.320.